The molecule has 0 bridgehead atoms. The zero-order valence-corrected chi connectivity index (χ0v) is 14.1. The van der Waals surface area contributed by atoms with Gasteiger partial charge in [-0.3, -0.25) is 0 Å². The molecule has 2 N–H and O–H groups in total. The average Bonchev–Trinajstić information content (AvgIpc) is 3.03. The van der Waals surface area contributed by atoms with Crippen LogP contribution in [0.3, 0.4) is 0 Å². The van der Waals surface area contributed by atoms with Crippen molar-refractivity contribution < 1.29 is 9.47 Å². The van der Waals surface area contributed by atoms with Crippen molar-refractivity contribution in [2.24, 2.45) is 0 Å². The maximum Gasteiger partial charge on any atom is 0.231 e. The number of hydrogen-bond donors (Lipinski definition) is 2. The minimum absolute atomic E-state index is 0.257. The lowest BCUT2D eigenvalue weighted by Gasteiger charge is -2.09. The summed E-state index contributed by atoms with van der Waals surface area (Å²) in [6.45, 7) is 0.257. The number of hydrogen-bond acceptors (Lipinski definition) is 6. The number of nitrogens with zero attached hydrogens (tertiary/aromatic N) is 2. The molecule has 0 radical (unpaired) electrons. The molecule has 0 amide bonds. The van der Waals surface area contributed by atoms with Gasteiger partial charge in [0.25, 0.3) is 0 Å². The summed E-state index contributed by atoms with van der Waals surface area (Å²) < 4.78 is 11.7. The molecule has 7 heteroatoms. The molecule has 4 rings (SSSR count). The molecular weight excluding hydrogens is 372 g/mol. The second kappa shape index (κ2) is 6.37. The Morgan fingerprint density at radius 1 is 0.833 bits per heavy atom. The topological polar surface area (TPSA) is 68.3 Å². The molecule has 0 fully saturated rings. The SMILES string of the molecule is Brc1cccc(Nc2cc(Nc3ccc4c(c3)OCO4)ncn2)c1. The summed E-state index contributed by atoms with van der Waals surface area (Å²) in [6, 6.07) is 15.4. The summed E-state index contributed by atoms with van der Waals surface area (Å²) in [7, 11) is 0. The van der Waals surface area contributed by atoms with Crippen LogP contribution in [0.2, 0.25) is 0 Å². The highest BCUT2D eigenvalue weighted by molar-refractivity contribution is 9.10. The Kier molecular flexibility index (Phi) is 3.92. The standard InChI is InChI=1S/C17H13BrN4O2/c18-11-2-1-3-12(6-11)21-16-8-17(20-9-19-16)22-13-4-5-14-15(7-13)24-10-23-14/h1-9H,10H2,(H2,19,20,21,22). The van der Waals surface area contributed by atoms with Crippen LogP contribution in [0.15, 0.2) is 59.3 Å². The van der Waals surface area contributed by atoms with Crippen molar-refractivity contribution in [3.63, 3.8) is 0 Å². The van der Waals surface area contributed by atoms with Gasteiger partial charge in [0.15, 0.2) is 11.5 Å². The van der Waals surface area contributed by atoms with E-state index in [1.165, 1.54) is 6.33 Å². The molecule has 1 aliphatic rings. The summed E-state index contributed by atoms with van der Waals surface area (Å²) in [5.41, 5.74) is 1.81. The third-order valence-corrected chi connectivity index (χ3v) is 3.90. The Balaban J connectivity index is 1.52. The van der Waals surface area contributed by atoms with Gasteiger partial charge < -0.3 is 20.1 Å². The van der Waals surface area contributed by atoms with Gasteiger partial charge in [-0.05, 0) is 30.3 Å². The van der Waals surface area contributed by atoms with Crippen LogP contribution in [-0.2, 0) is 0 Å². The Morgan fingerprint density at radius 2 is 1.58 bits per heavy atom. The molecule has 3 aromatic rings. The van der Waals surface area contributed by atoms with Crippen molar-refractivity contribution in [3.05, 3.63) is 59.3 Å². The summed E-state index contributed by atoms with van der Waals surface area (Å²) in [5.74, 6) is 2.86. The highest BCUT2D eigenvalue weighted by Crippen LogP contribution is 2.35. The Morgan fingerprint density at radius 3 is 2.38 bits per heavy atom. The number of anilines is 4. The predicted octanol–water partition coefficient (Wildman–Crippen LogP) is 4.46. The fraction of sp³-hybridized carbons (Fsp3) is 0.0588. The highest BCUT2D eigenvalue weighted by atomic mass is 79.9. The van der Waals surface area contributed by atoms with Crippen LogP contribution in [0.4, 0.5) is 23.0 Å². The van der Waals surface area contributed by atoms with Gasteiger partial charge in [0.1, 0.15) is 18.0 Å². The molecule has 0 unspecified atom stereocenters. The summed E-state index contributed by atoms with van der Waals surface area (Å²) in [4.78, 5) is 8.49. The molecule has 0 saturated heterocycles. The summed E-state index contributed by atoms with van der Waals surface area (Å²) in [6.07, 6.45) is 1.51. The number of fused-ring (bicyclic) bond motifs is 1. The Labute approximate surface area is 147 Å². The zero-order valence-electron chi connectivity index (χ0n) is 12.5. The van der Waals surface area contributed by atoms with Crippen molar-refractivity contribution in [1.82, 2.24) is 9.97 Å². The van der Waals surface area contributed by atoms with E-state index in [0.29, 0.717) is 11.6 Å². The summed E-state index contributed by atoms with van der Waals surface area (Å²) >= 11 is 3.45. The van der Waals surface area contributed by atoms with Gasteiger partial charge in [0, 0.05) is 28.0 Å². The van der Waals surface area contributed by atoms with Crippen LogP contribution in [0.1, 0.15) is 0 Å². The lowest BCUT2D eigenvalue weighted by Crippen LogP contribution is -1.98. The fourth-order valence-electron chi connectivity index (χ4n) is 2.33. The largest absolute Gasteiger partial charge is 0.454 e. The second-order valence-corrected chi connectivity index (χ2v) is 6.03. The molecule has 2 aromatic carbocycles. The van der Waals surface area contributed by atoms with Crippen LogP contribution in [0.5, 0.6) is 11.5 Å². The second-order valence-electron chi connectivity index (χ2n) is 5.12. The van der Waals surface area contributed by atoms with Crippen molar-refractivity contribution in [1.29, 1.82) is 0 Å². The van der Waals surface area contributed by atoms with Gasteiger partial charge in [-0.15, -0.1) is 0 Å². The first-order valence-electron chi connectivity index (χ1n) is 7.27. The summed E-state index contributed by atoms with van der Waals surface area (Å²) in [5, 5.41) is 6.48. The number of rotatable bonds is 4. The maximum atomic E-state index is 5.38. The molecule has 120 valence electrons. The number of benzene rings is 2. The first-order chi connectivity index (χ1) is 11.8. The van der Waals surface area contributed by atoms with E-state index in [4.69, 9.17) is 9.47 Å². The van der Waals surface area contributed by atoms with E-state index in [-0.39, 0.29) is 6.79 Å². The third kappa shape index (κ3) is 3.26. The molecule has 6 nitrogen and oxygen atoms in total. The third-order valence-electron chi connectivity index (χ3n) is 3.41. The average molecular weight is 385 g/mol. The predicted molar refractivity (Wildman–Crippen MR) is 95.3 cm³/mol. The van der Waals surface area contributed by atoms with Crippen LogP contribution in [0, 0.1) is 0 Å². The molecule has 0 spiro atoms. The molecule has 24 heavy (non-hydrogen) atoms. The van der Waals surface area contributed by atoms with E-state index in [1.54, 1.807) is 0 Å². The van der Waals surface area contributed by atoms with Gasteiger partial charge in [-0.1, -0.05) is 22.0 Å². The normalized spacial score (nSPS) is 12.0. The maximum absolute atomic E-state index is 5.38. The van der Waals surface area contributed by atoms with Gasteiger partial charge in [0.2, 0.25) is 6.79 Å². The van der Waals surface area contributed by atoms with Gasteiger partial charge in [-0.2, -0.15) is 0 Å². The van der Waals surface area contributed by atoms with Crippen molar-refractivity contribution in [2.75, 3.05) is 17.4 Å². The van der Waals surface area contributed by atoms with Crippen molar-refractivity contribution in [2.45, 2.75) is 0 Å². The minimum Gasteiger partial charge on any atom is -0.454 e. The van der Waals surface area contributed by atoms with E-state index in [1.807, 2.05) is 48.5 Å². The van der Waals surface area contributed by atoms with Crippen LogP contribution >= 0.6 is 15.9 Å². The number of ether oxygens (including phenoxy) is 2. The quantitative estimate of drug-likeness (QED) is 0.692. The molecular formula is C17H13BrN4O2. The Bertz CT molecular complexity index is 888. The monoisotopic (exact) mass is 384 g/mol. The first kappa shape index (κ1) is 14.8. The van der Waals surface area contributed by atoms with Gasteiger partial charge in [-0.25, -0.2) is 9.97 Å². The van der Waals surface area contributed by atoms with Crippen molar-refractivity contribution in [3.8, 4) is 11.5 Å². The number of halogens is 1. The Hall–Kier alpha value is -2.80. The molecule has 1 aromatic heterocycles. The van der Waals surface area contributed by atoms with E-state index in [9.17, 15) is 0 Å². The number of aromatic nitrogens is 2. The minimum atomic E-state index is 0.257. The molecule has 0 aliphatic carbocycles. The molecule has 0 atom stereocenters. The lowest BCUT2D eigenvalue weighted by atomic mass is 10.3. The van der Waals surface area contributed by atoms with E-state index in [0.717, 1.165) is 27.3 Å². The number of nitrogens with one attached hydrogen (secondary N) is 2. The van der Waals surface area contributed by atoms with E-state index in [2.05, 4.69) is 36.5 Å². The van der Waals surface area contributed by atoms with Crippen LogP contribution in [0.25, 0.3) is 0 Å². The molecule has 0 saturated carbocycles. The molecule has 1 aliphatic heterocycles. The van der Waals surface area contributed by atoms with E-state index < -0.39 is 0 Å². The van der Waals surface area contributed by atoms with E-state index >= 15 is 0 Å². The van der Waals surface area contributed by atoms with Crippen molar-refractivity contribution >= 4 is 38.9 Å². The van der Waals surface area contributed by atoms with Crippen LogP contribution < -0.4 is 20.1 Å². The van der Waals surface area contributed by atoms with Crippen LogP contribution in [-0.4, -0.2) is 16.8 Å². The van der Waals surface area contributed by atoms with Gasteiger partial charge >= 0.3 is 0 Å². The van der Waals surface area contributed by atoms with Gasteiger partial charge in [0.05, 0.1) is 0 Å². The zero-order chi connectivity index (χ0) is 16.4. The highest BCUT2D eigenvalue weighted by Gasteiger charge is 2.13. The lowest BCUT2D eigenvalue weighted by molar-refractivity contribution is 0.174. The fourth-order valence-corrected chi connectivity index (χ4v) is 2.73. The first-order valence-corrected chi connectivity index (χ1v) is 8.07. The smallest absolute Gasteiger partial charge is 0.231 e. The molecule has 2 heterocycles.